The summed E-state index contributed by atoms with van der Waals surface area (Å²) in [5, 5.41) is 0. The van der Waals surface area contributed by atoms with Crippen LogP contribution in [0.25, 0.3) is 0 Å². The highest BCUT2D eigenvalue weighted by Crippen LogP contribution is 2.02. The Kier molecular flexibility index (Phi) is 8.19. The maximum atomic E-state index is 11.1. The molecule has 0 radical (unpaired) electrons. The molecule has 0 fully saturated rings. The average Bonchev–Trinajstić information content (AvgIpc) is 2.13. The van der Waals surface area contributed by atoms with Crippen LogP contribution < -0.4 is 0 Å². The van der Waals surface area contributed by atoms with E-state index in [0.29, 0.717) is 19.4 Å². The van der Waals surface area contributed by atoms with Crippen LogP contribution in [-0.4, -0.2) is 18.4 Å². The van der Waals surface area contributed by atoms with E-state index in [4.69, 9.17) is 4.74 Å². The molecule has 0 rings (SSSR count). The molecule has 14 heavy (non-hydrogen) atoms. The standard InChI is InChI=1S/C11H20O3/c1-3-4-9-14-11(13)8-6-5-7-10(2)12/h3-9H2,1-2H3. The SMILES string of the molecule is CCCCOC(=O)CCCCC(C)=O. The smallest absolute Gasteiger partial charge is 0.305 e. The van der Waals surface area contributed by atoms with Gasteiger partial charge in [0.15, 0.2) is 0 Å². The number of ketones is 1. The molecule has 0 spiro atoms. The van der Waals surface area contributed by atoms with E-state index in [2.05, 4.69) is 6.92 Å². The molecule has 0 heterocycles. The lowest BCUT2D eigenvalue weighted by atomic mass is 10.1. The highest BCUT2D eigenvalue weighted by Gasteiger charge is 2.02. The number of ether oxygens (including phenoxy) is 1. The fraction of sp³-hybridized carbons (Fsp3) is 0.818. The topological polar surface area (TPSA) is 43.4 Å². The van der Waals surface area contributed by atoms with E-state index in [-0.39, 0.29) is 11.8 Å². The highest BCUT2D eigenvalue weighted by atomic mass is 16.5. The van der Waals surface area contributed by atoms with Gasteiger partial charge in [-0.05, 0) is 26.2 Å². The Hall–Kier alpha value is -0.860. The van der Waals surface area contributed by atoms with Gasteiger partial charge in [-0.25, -0.2) is 0 Å². The number of unbranched alkanes of at least 4 members (excludes halogenated alkanes) is 2. The molecule has 0 aromatic carbocycles. The molecular weight excluding hydrogens is 180 g/mol. The van der Waals surface area contributed by atoms with Crippen molar-refractivity contribution in [2.45, 2.75) is 52.4 Å². The largest absolute Gasteiger partial charge is 0.466 e. The normalized spacial score (nSPS) is 9.86. The third kappa shape index (κ3) is 9.23. The lowest BCUT2D eigenvalue weighted by Crippen LogP contribution is -2.05. The van der Waals surface area contributed by atoms with Crippen molar-refractivity contribution in [3.05, 3.63) is 0 Å². The summed E-state index contributed by atoms with van der Waals surface area (Å²) in [5.74, 6) is 0.0475. The predicted octanol–water partition coefficient (Wildman–Crippen LogP) is 2.48. The second-order valence-corrected chi connectivity index (χ2v) is 3.48. The summed E-state index contributed by atoms with van der Waals surface area (Å²) in [6.07, 6.45) is 4.53. The van der Waals surface area contributed by atoms with Gasteiger partial charge in [0.05, 0.1) is 6.61 Å². The van der Waals surface area contributed by atoms with Gasteiger partial charge < -0.3 is 9.53 Å². The van der Waals surface area contributed by atoms with Crippen molar-refractivity contribution in [1.82, 2.24) is 0 Å². The van der Waals surface area contributed by atoms with Gasteiger partial charge in [-0.1, -0.05) is 13.3 Å². The molecule has 0 saturated carbocycles. The van der Waals surface area contributed by atoms with Crippen molar-refractivity contribution in [3.63, 3.8) is 0 Å². The maximum absolute atomic E-state index is 11.1. The molecule has 0 saturated heterocycles. The van der Waals surface area contributed by atoms with Crippen LogP contribution in [0.3, 0.4) is 0 Å². The zero-order valence-corrected chi connectivity index (χ0v) is 9.17. The summed E-state index contributed by atoms with van der Waals surface area (Å²) in [4.78, 5) is 21.6. The van der Waals surface area contributed by atoms with Crippen LogP contribution in [0.5, 0.6) is 0 Å². The molecule has 82 valence electrons. The highest BCUT2D eigenvalue weighted by molar-refractivity contribution is 5.75. The first-order chi connectivity index (χ1) is 6.66. The Balaban J connectivity index is 3.22. The van der Waals surface area contributed by atoms with Gasteiger partial charge in [0.2, 0.25) is 0 Å². The van der Waals surface area contributed by atoms with Crippen LogP contribution in [0, 0.1) is 0 Å². The van der Waals surface area contributed by atoms with E-state index >= 15 is 0 Å². The van der Waals surface area contributed by atoms with Crippen molar-refractivity contribution >= 4 is 11.8 Å². The van der Waals surface area contributed by atoms with Crippen molar-refractivity contribution < 1.29 is 14.3 Å². The van der Waals surface area contributed by atoms with Crippen LogP contribution in [0.1, 0.15) is 52.4 Å². The van der Waals surface area contributed by atoms with E-state index in [1.54, 1.807) is 6.92 Å². The van der Waals surface area contributed by atoms with Gasteiger partial charge in [0, 0.05) is 12.8 Å². The summed E-state index contributed by atoms with van der Waals surface area (Å²) >= 11 is 0. The molecule has 0 aliphatic heterocycles. The second kappa shape index (κ2) is 8.73. The fourth-order valence-electron chi connectivity index (χ4n) is 1.05. The average molecular weight is 200 g/mol. The minimum atomic E-state index is -0.137. The molecule has 0 bridgehead atoms. The Labute approximate surface area is 85.8 Å². The number of hydrogen-bond acceptors (Lipinski definition) is 3. The first-order valence-corrected chi connectivity index (χ1v) is 5.32. The predicted molar refractivity (Wildman–Crippen MR) is 55.0 cm³/mol. The van der Waals surface area contributed by atoms with Crippen LogP contribution in [0.4, 0.5) is 0 Å². The number of hydrogen-bond donors (Lipinski definition) is 0. The minimum absolute atomic E-state index is 0.137. The summed E-state index contributed by atoms with van der Waals surface area (Å²) in [6.45, 7) is 4.16. The lowest BCUT2D eigenvalue weighted by Gasteiger charge is -2.02. The zero-order chi connectivity index (χ0) is 10.8. The van der Waals surface area contributed by atoms with Crippen LogP contribution >= 0.6 is 0 Å². The molecule has 0 atom stereocenters. The number of esters is 1. The monoisotopic (exact) mass is 200 g/mol. The molecule has 3 heteroatoms. The van der Waals surface area contributed by atoms with Crippen LogP contribution in [0.2, 0.25) is 0 Å². The molecule has 0 aromatic rings. The Morgan fingerprint density at radius 1 is 1.07 bits per heavy atom. The van der Waals surface area contributed by atoms with Crippen molar-refractivity contribution in [2.75, 3.05) is 6.61 Å². The van der Waals surface area contributed by atoms with E-state index in [9.17, 15) is 9.59 Å². The van der Waals surface area contributed by atoms with E-state index < -0.39 is 0 Å². The summed E-state index contributed by atoms with van der Waals surface area (Å²) in [5.41, 5.74) is 0. The van der Waals surface area contributed by atoms with Crippen LogP contribution in [0.15, 0.2) is 0 Å². The fourth-order valence-corrected chi connectivity index (χ4v) is 1.05. The third-order valence-electron chi connectivity index (χ3n) is 1.92. The molecule has 0 N–H and O–H groups in total. The van der Waals surface area contributed by atoms with Gasteiger partial charge in [-0.2, -0.15) is 0 Å². The number of Topliss-reactive ketones (excluding diaryl/α,β-unsaturated/α-hetero) is 1. The summed E-state index contributed by atoms with van der Waals surface area (Å²) in [7, 11) is 0. The first kappa shape index (κ1) is 13.1. The third-order valence-corrected chi connectivity index (χ3v) is 1.92. The first-order valence-electron chi connectivity index (χ1n) is 5.32. The minimum Gasteiger partial charge on any atom is -0.466 e. The van der Waals surface area contributed by atoms with Crippen molar-refractivity contribution in [2.24, 2.45) is 0 Å². The second-order valence-electron chi connectivity index (χ2n) is 3.48. The summed E-state index contributed by atoms with van der Waals surface area (Å²) in [6, 6.07) is 0. The van der Waals surface area contributed by atoms with E-state index in [0.717, 1.165) is 25.7 Å². The molecule has 0 aromatic heterocycles. The van der Waals surface area contributed by atoms with Crippen molar-refractivity contribution in [1.29, 1.82) is 0 Å². The quantitative estimate of drug-likeness (QED) is 0.446. The molecule has 0 aliphatic rings. The van der Waals surface area contributed by atoms with Crippen molar-refractivity contribution in [3.8, 4) is 0 Å². The molecule has 0 amide bonds. The zero-order valence-electron chi connectivity index (χ0n) is 9.17. The molecule has 0 aliphatic carbocycles. The lowest BCUT2D eigenvalue weighted by molar-refractivity contribution is -0.144. The maximum Gasteiger partial charge on any atom is 0.305 e. The molecule has 0 unspecified atom stereocenters. The van der Waals surface area contributed by atoms with Gasteiger partial charge in [-0.15, -0.1) is 0 Å². The Morgan fingerprint density at radius 3 is 2.29 bits per heavy atom. The van der Waals surface area contributed by atoms with Gasteiger partial charge in [-0.3, -0.25) is 4.79 Å². The number of carbonyl (C=O) groups excluding carboxylic acids is 2. The van der Waals surface area contributed by atoms with Gasteiger partial charge >= 0.3 is 5.97 Å². The van der Waals surface area contributed by atoms with Crippen LogP contribution in [-0.2, 0) is 14.3 Å². The van der Waals surface area contributed by atoms with E-state index in [1.807, 2.05) is 0 Å². The Bertz CT molecular complexity index is 175. The number of rotatable bonds is 8. The van der Waals surface area contributed by atoms with E-state index in [1.165, 1.54) is 0 Å². The van der Waals surface area contributed by atoms with Gasteiger partial charge in [0.1, 0.15) is 5.78 Å². The Morgan fingerprint density at radius 2 is 1.71 bits per heavy atom. The number of carbonyl (C=O) groups is 2. The van der Waals surface area contributed by atoms with Gasteiger partial charge in [0.25, 0.3) is 0 Å². The summed E-state index contributed by atoms with van der Waals surface area (Å²) < 4.78 is 4.97. The molecule has 3 nitrogen and oxygen atoms in total. The molecular formula is C11H20O3.